The quantitative estimate of drug-likeness (QED) is 0.228. The largest absolute Gasteiger partial charge is 0.368 e. The molecule has 3 N–H and O–H groups in total. The minimum absolute atomic E-state index is 0.0281. The summed E-state index contributed by atoms with van der Waals surface area (Å²) in [5.74, 6) is 1.29. The molecule has 1 heterocycles. The number of pyridine rings is 1. The predicted molar refractivity (Wildman–Crippen MR) is 102 cm³/mol. The van der Waals surface area contributed by atoms with E-state index in [4.69, 9.17) is 0 Å². The highest BCUT2D eigenvalue weighted by Gasteiger charge is 2.10. The van der Waals surface area contributed by atoms with E-state index < -0.39 is 4.92 Å². The normalized spacial score (nSPS) is 15.4. The topological polar surface area (TPSA) is 104 Å². The summed E-state index contributed by atoms with van der Waals surface area (Å²) < 4.78 is 0. The third-order valence-corrected chi connectivity index (χ3v) is 3.75. The second kappa shape index (κ2) is 8.61. The molecule has 8 heteroatoms. The van der Waals surface area contributed by atoms with Crippen LogP contribution in [0.5, 0.6) is 0 Å². The van der Waals surface area contributed by atoms with Gasteiger partial charge in [0.05, 0.1) is 23.6 Å². The summed E-state index contributed by atoms with van der Waals surface area (Å²) in [6, 6.07) is 3.26. The van der Waals surface area contributed by atoms with Gasteiger partial charge in [-0.15, -0.1) is 0 Å². The summed E-state index contributed by atoms with van der Waals surface area (Å²) in [5.41, 5.74) is -0.0281. The highest BCUT2D eigenvalue weighted by Crippen LogP contribution is 2.11. The Balaban J connectivity index is 1.52. The first-order valence-electron chi connectivity index (χ1n) is 8.32. The van der Waals surface area contributed by atoms with Gasteiger partial charge < -0.3 is 16.0 Å². The fourth-order valence-corrected chi connectivity index (χ4v) is 2.46. The Bertz CT molecular complexity index is 723. The molecule has 0 fully saturated rings. The van der Waals surface area contributed by atoms with Crippen LogP contribution in [-0.2, 0) is 0 Å². The van der Waals surface area contributed by atoms with Crippen LogP contribution in [0.2, 0.25) is 0 Å². The molecule has 1 aromatic rings. The Labute approximate surface area is 151 Å². The van der Waals surface area contributed by atoms with Crippen molar-refractivity contribution < 1.29 is 4.92 Å². The molecule has 26 heavy (non-hydrogen) atoms. The van der Waals surface area contributed by atoms with E-state index in [0.717, 1.165) is 0 Å². The van der Waals surface area contributed by atoms with E-state index in [-0.39, 0.29) is 17.8 Å². The van der Waals surface area contributed by atoms with Crippen molar-refractivity contribution in [2.24, 2.45) is 4.99 Å². The monoisotopic (exact) mass is 352 g/mol. The second-order valence-corrected chi connectivity index (χ2v) is 5.70. The fourth-order valence-electron chi connectivity index (χ4n) is 2.46. The van der Waals surface area contributed by atoms with Gasteiger partial charge in [0.1, 0.15) is 12.0 Å². The van der Waals surface area contributed by atoms with Gasteiger partial charge in [0, 0.05) is 12.6 Å². The third-order valence-electron chi connectivity index (χ3n) is 3.75. The van der Waals surface area contributed by atoms with Crippen molar-refractivity contribution >= 4 is 17.5 Å². The van der Waals surface area contributed by atoms with Crippen molar-refractivity contribution in [3.8, 4) is 0 Å². The van der Waals surface area contributed by atoms with Crippen LogP contribution in [0, 0.1) is 10.1 Å². The number of rotatable bonds is 7. The number of anilines is 1. The Morgan fingerprint density at radius 3 is 2.19 bits per heavy atom. The number of aliphatic imine (C=N–C) groups is 1. The van der Waals surface area contributed by atoms with Crippen molar-refractivity contribution in [1.29, 1.82) is 0 Å². The van der Waals surface area contributed by atoms with Gasteiger partial charge in [-0.3, -0.25) is 15.1 Å². The third kappa shape index (κ3) is 5.04. The summed E-state index contributed by atoms with van der Waals surface area (Å²) >= 11 is 0. The van der Waals surface area contributed by atoms with E-state index in [9.17, 15) is 10.1 Å². The Hall–Kier alpha value is -3.42. The summed E-state index contributed by atoms with van der Waals surface area (Å²) in [5, 5.41) is 20.4. The molecule has 0 aliphatic heterocycles. The molecule has 0 amide bonds. The lowest BCUT2D eigenvalue weighted by molar-refractivity contribution is -0.385. The number of nitrogens with one attached hydrogen (secondary N) is 3. The van der Waals surface area contributed by atoms with Gasteiger partial charge in [0.15, 0.2) is 5.96 Å². The highest BCUT2D eigenvalue weighted by atomic mass is 16.6. The van der Waals surface area contributed by atoms with Gasteiger partial charge in [-0.2, -0.15) is 0 Å². The first-order chi connectivity index (χ1) is 12.7. The molecule has 0 unspecified atom stereocenters. The van der Waals surface area contributed by atoms with E-state index in [1.165, 1.54) is 12.3 Å². The van der Waals surface area contributed by atoms with E-state index >= 15 is 0 Å². The molecular weight excluding hydrogens is 332 g/mol. The molecule has 8 nitrogen and oxygen atoms in total. The molecule has 3 rings (SSSR count). The van der Waals surface area contributed by atoms with Crippen LogP contribution in [-0.4, -0.2) is 41.0 Å². The zero-order chi connectivity index (χ0) is 18.2. The van der Waals surface area contributed by atoms with Crippen molar-refractivity contribution in [3.63, 3.8) is 0 Å². The Morgan fingerprint density at radius 2 is 1.69 bits per heavy atom. The van der Waals surface area contributed by atoms with Crippen LogP contribution in [0.3, 0.4) is 0 Å². The number of hydrogen-bond donors (Lipinski definition) is 3. The molecule has 0 saturated carbocycles. The second-order valence-electron chi connectivity index (χ2n) is 5.70. The SMILES string of the molecule is O=[N+]([O-])c1ccc(NCCN=C(NC2C=CC=C2)NC2C=CC=C2)nc1. The molecule has 1 aromatic heterocycles. The lowest BCUT2D eigenvalue weighted by Gasteiger charge is -2.18. The van der Waals surface area contributed by atoms with Gasteiger partial charge in [0.25, 0.3) is 5.69 Å². The molecule has 0 saturated heterocycles. The van der Waals surface area contributed by atoms with Gasteiger partial charge in [-0.05, 0) is 6.07 Å². The molecule has 0 aromatic carbocycles. The van der Waals surface area contributed by atoms with Gasteiger partial charge in [-0.1, -0.05) is 48.6 Å². The zero-order valence-corrected chi connectivity index (χ0v) is 14.1. The van der Waals surface area contributed by atoms with E-state index in [1.807, 2.05) is 24.3 Å². The predicted octanol–water partition coefficient (Wildman–Crippen LogP) is 1.93. The standard InChI is InChI=1S/C18H20N6O2/c25-24(26)16-9-10-17(21-13-16)19-11-12-20-18(22-14-5-1-2-6-14)23-15-7-3-4-8-15/h1-10,13-15H,11-12H2,(H,19,21)(H2,20,22,23). The lowest BCUT2D eigenvalue weighted by atomic mass is 10.3. The molecule has 134 valence electrons. The molecule has 0 bridgehead atoms. The maximum Gasteiger partial charge on any atom is 0.287 e. The van der Waals surface area contributed by atoms with E-state index in [1.54, 1.807) is 6.07 Å². The summed E-state index contributed by atoms with van der Waals surface area (Å²) in [6.45, 7) is 1.08. The van der Waals surface area contributed by atoms with Gasteiger partial charge >= 0.3 is 0 Å². The maximum absolute atomic E-state index is 10.6. The molecule has 2 aliphatic rings. The van der Waals surface area contributed by atoms with Gasteiger partial charge in [0.2, 0.25) is 0 Å². The number of nitro groups is 1. The van der Waals surface area contributed by atoms with E-state index in [2.05, 4.69) is 50.2 Å². The van der Waals surface area contributed by atoms with Crippen LogP contribution in [0.15, 0.2) is 71.9 Å². The van der Waals surface area contributed by atoms with Crippen molar-refractivity contribution in [2.45, 2.75) is 12.1 Å². The van der Waals surface area contributed by atoms with Crippen LogP contribution in [0.1, 0.15) is 0 Å². The van der Waals surface area contributed by atoms with Crippen molar-refractivity contribution in [1.82, 2.24) is 15.6 Å². The smallest absolute Gasteiger partial charge is 0.287 e. The van der Waals surface area contributed by atoms with Gasteiger partial charge in [-0.25, -0.2) is 4.98 Å². The maximum atomic E-state index is 10.6. The van der Waals surface area contributed by atoms with E-state index in [0.29, 0.717) is 24.9 Å². The average Bonchev–Trinajstić information content (AvgIpc) is 3.33. The average molecular weight is 352 g/mol. The Kier molecular flexibility index (Phi) is 5.76. The molecular formula is C18H20N6O2. The molecule has 2 aliphatic carbocycles. The Morgan fingerprint density at radius 1 is 1.08 bits per heavy atom. The van der Waals surface area contributed by atoms with Crippen molar-refractivity contribution in [2.75, 3.05) is 18.4 Å². The van der Waals surface area contributed by atoms with Crippen LogP contribution >= 0.6 is 0 Å². The number of allylic oxidation sites excluding steroid dienone is 4. The molecule has 0 atom stereocenters. The zero-order valence-electron chi connectivity index (χ0n) is 14.1. The minimum atomic E-state index is -0.470. The van der Waals surface area contributed by atoms with Crippen molar-refractivity contribution in [3.05, 3.63) is 77.1 Å². The number of aromatic nitrogens is 1. The fraction of sp³-hybridized carbons (Fsp3) is 0.222. The highest BCUT2D eigenvalue weighted by molar-refractivity contribution is 5.81. The summed E-state index contributed by atoms with van der Waals surface area (Å²) in [7, 11) is 0. The van der Waals surface area contributed by atoms with Crippen LogP contribution in [0.25, 0.3) is 0 Å². The summed E-state index contributed by atoms with van der Waals surface area (Å²) in [6.07, 6.45) is 17.4. The minimum Gasteiger partial charge on any atom is -0.368 e. The summed E-state index contributed by atoms with van der Waals surface area (Å²) in [4.78, 5) is 18.7. The van der Waals surface area contributed by atoms with Crippen LogP contribution in [0.4, 0.5) is 11.5 Å². The number of guanidine groups is 1. The molecule has 0 radical (unpaired) electrons. The first kappa shape index (κ1) is 17.4. The van der Waals surface area contributed by atoms with Crippen LogP contribution < -0.4 is 16.0 Å². The lowest BCUT2D eigenvalue weighted by Crippen LogP contribution is -2.45. The first-order valence-corrected chi connectivity index (χ1v) is 8.32. The number of nitrogens with zero attached hydrogens (tertiary/aromatic N) is 3. The number of hydrogen-bond acceptors (Lipinski definition) is 5. The molecule has 0 spiro atoms.